The Morgan fingerprint density at radius 3 is 2.73 bits per heavy atom. The minimum absolute atomic E-state index is 0.985. The lowest BCUT2D eigenvalue weighted by Gasteiger charge is -1.89. The second kappa shape index (κ2) is 3.24. The molecule has 0 fully saturated rings. The normalized spacial score (nSPS) is 12.3. The molecule has 15 heavy (non-hydrogen) atoms. The standard InChI is InChI=1S/C13H10N2/c1-2-5-11-10(4-1)8-14-9-13-12(11)6-3-7-15-13/h1-9,14H. The molecule has 2 aromatic rings. The van der Waals surface area contributed by atoms with Crippen molar-refractivity contribution in [2.75, 3.05) is 0 Å². The van der Waals surface area contributed by atoms with Gasteiger partial charge in [0.2, 0.25) is 0 Å². The van der Waals surface area contributed by atoms with Crippen LogP contribution in [-0.2, 0) is 0 Å². The van der Waals surface area contributed by atoms with Gasteiger partial charge < -0.3 is 5.32 Å². The third kappa shape index (κ3) is 1.31. The first-order valence-corrected chi connectivity index (χ1v) is 4.92. The van der Waals surface area contributed by atoms with Gasteiger partial charge in [-0.15, -0.1) is 0 Å². The molecule has 2 heterocycles. The molecule has 1 aliphatic rings. The number of benzene rings is 1. The third-order valence-electron chi connectivity index (χ3n) is 2.55. The maximum absolute atomic E-state index is 4.34. The van der Waals surface area contributed by atoms with Crippen LogP contribution in [0.25, 0.3) is 12.4 Å². The lowest BCUT2D eigenvalue weighted by atomic mass is 10.2. The molecule has 72 valence electrons. The van der Waals surface area contributed by atoms with Gasteiger partial charge >= 0.3 is 0 Å². The Kier molecular flexibility index (Phi) is 1.78. The summed E-state index contributed by atoms with van der Waals surface area (Å²) in [5.74, 6) is 0. The van der Waals surface area contributed by atoms with E-state index in [9.17, 15) is 0 Å². The third-order valence-corrected chi connectivity index (χ3v) is 2.55. The van der Waals surface area contributed by atoms with E-state index < -0.39 is 0 Å². The summed E-state index contributed by atoms with van der Waals surface area (Å²) in [5.41, 5.74) is 0. The topological polar surface area (TPSA) is 24.9 Å². The fraction of sp³-hybridized carbons (Fsp3) is 0. The molecule has 2 heteroatoms. The number of pyridine rings is 1. The van der Waals surface area contributed by atoms with Crippen LogP contribution < -0.4 is 15.9 Å². The summed E-state index contributed by atoms with van der Waals surface area (Å²) < 4.78 is 0. The summed E-state index contributed by atoms with van der Waals surface area (Å²) in [4.78, 5) is 4.34. The van der Waals surface area contributed by atoms with Crippen molar-refractivity contribution in [2.24, 2.45) is 0 Å². The molecule has 0 radical (unpaired) electrons. The van der Waals surface area contributed by atoms with Crippen molar-refractivity contribution in [3.8, 4) is 0 Å². The number of aromatic nitrogens is 1. The number of hydrogen-bond acceptors (Lipinski definition) is 2. The predicted octanol–water partition coefficient (Wildman–Crippen LogP) is 0.448. The van der Waals surface area contributed by atoms with Crippen LogP contribution in [0, 0.1) is 10.4 Å². The van der Waals surface area contributed by atoms with Crippen molar-refractivity contribution in [1.82, 2.24) is 10.3 Å². The predicted molar refractivity (Wildman–Crippen MR) is 59.7 cm³/mol. The first-order valence-electron chi connectivity index (χ1n) is 4.92. The van der Waals surface area contributed by atoms with Crippen LogP contribution in [0.15, 0.2) is 42.6 Å². The van der Waals surface area contributed by atoms with Gasteiger partial charge in [-0.1, -0.05) is 30.3 Å². The van der Waals surface area contributed by atoms with Gasteiger partial charge in [0.15, 0.2) is 0 Å². The van der Waals surface area contributed by atoms with E-state index in [2.05, 4.69) is 34.6 Å². The van der Waals surface area contributed by atoms with Gasteiger partial charge in [0, 0.05) is 23.8 Å². The first kappa shape index (κ1) is 8.24. The maximum Gasteiger partial charge on any atom is 0.0867 e. The van der Waals surface area contributed by atoms with E-state index in [-0.39, 0.29) is 0 Å². The molecule has 1 N–H and O–H groups in total. The average Bonchev–Trinajstić information content (AvgIpc) is 2.48. The van der Waals surface area contributed by atoms with Crippen LogP contribution in [0.5, 0.6) is 0 Å². The van der Waals surface area contributed by atoms with Crippen LogP contribution in [-0.4, -0.2) is 4.98 Å². The monoisotopic (exact) mass is 194 g/mol. The molecule has 1 aliphatic heterocycles. The fourth-order valence-electron chi connectivity index (χ4n) is 1.84. The number of hydrogen-bond donors (Lipinski definition) is 1. The van der Waals surface area contributed by atoms with E-state index in [0.717, 1.165) is 5.35 Å². The zero-order valence-electron chi connectivity index (χ0n) is 8.14. The zero-order valence-corrected chi connectivity index (χ0v) is 8.14. The minimum atomic E-state index is 0.985. The van der Waals surface area contributed by atoms with E-state index in [0.29, 0.717) is 0 Å². The number of nitrogens with one attached hydrogen (secondary N) is 1. The molecule has 3 rings (SSSR count). The lowest BCUT2D eigenvalue weighted by molar-refractivity contribution is 1.19. The van der Waals surface area contributed by atoms with E-state index in [4.69, 9.17) is 0 Å². The van der Waals surface area contributed by atoms with Crippen LogP contribution in [0.1, 0.15) is 0 Å². The largest absolute Gasteiger partial charge is 0.365 e. The number of fused-ring (bicyclic) bond motifs is 2. The van der Waals surface area contributed by atoms with Gasteiger partial charge in [-0.3, -0.25) is 4.98 Å². The van der Waals surface area contributed by atoms with Crippen LogP contribution >= 0.6 is 0 Å². The van der Waals surface area contributed by atoms with Crippen LogP contribution in [0.3, 0.4) is 0 Å². The van der Waals surface area contributed by atoms with Crippen molar-refractivity contribution in [3.05, 3.63) is 63.6 Å². The van der Waals surface area contributed by atoms with Crippen LogP contribution in [0.4, 0.5) is 0 Å². The Morgan fingerprint density at radius 2 is 1.73 bits per heavy atom. The quantitative estimate of drug-likeness (QED) is 0.658. The molecular weight excluding hydrogens is 184 g/mol. The highest BCUT2D eigenvalue weighted by atomic mass is 14.8. The Morgan fingerprint density at radius 1 is 0.867 bits per heavy atom. The molecule has 0 amide bonds. The summed E-state index contributed by atoms with van der Waals surface area (Å²) >= 11 is 0. The molecule has 0 aliphatic carbocycles. The summed E-state index contributed by atoms with van der Waals surface area (Å²) in [7, 11) is 0. The van der Waals surface area contributed by atoms with E-state index in [1.54, 1.807) is 0 Å². The highest BCUT2D eigenvalue weighted by molar-refractivity contribution is 5.37. The smallest absolute Gasteiger partial charge is 0.0867 e. The molecule has 0 saturated heterocycles. The van der Waals surface area contributed by atoms with E-state index in [1.807, 2.05) is 30.7 Å². The van der Waals surface area contributed by atoms with Gasteiger partial charge in [0.05, 0.1) is 5.35 Å². The van der Waals surface area contributed by atoms with Gasteiger partial charge in [0.25, 0.3) is 0 Å². The Bertz CT molecular complexity index is 640. The Balaban J connectivity index is 2.73. The molecular formula is C13H10N2. The molecule has 2 nitrogen and oxygen atoms in total. The van der Waals surface area contributed by atoms with Crippen molar-refractivity contribution in [1.29, 1.82) is 0 Å². The highest BCUT2D eigenvalue weighted by Gasteiger charge is 1.92. The van der Waals surface area contributed by atoms with Crippen molar-refractivity contribution >= 4 is 12.4 Å². The Labute approximate surface area is 86.9 Å². The fourth-order valence-corrected chi connectivity index (χ4v) is 1.84. The summed E-state index contributed by atoms with van der Waals surface area (Å²) in [6.45, 7) is 0. The maximum atomic E-state index is 4.34. The Hall–Kier alpha value is -2.09. The highest BCUT2D eigenvalue weighted by Crippen LogP contribution is 1.89. The summed E-state index contributed by atoms with van der Waals surface area (Å²) in [6.07, 6.45) is 5.73. The minimum Gasteiger partial charge on any atom is -0.365 e. The number of rotatable bonds is 0. The van der Waals surface area contributed by atoms with Crippen molar-refractivity contribution in [2.45, 2.75) is 0 Å². The van der Waals surface area contributed by atoms with E-state index in [1.165, 1.54) is 15.7 Å². The molecule has 0 unspecified atom stereocenters. The average molecular weight is 194 g/mol. The second-order valence-corrected chi connectivity index (χ2v) is 3.48. The van der Waals surface area contributed by atoms with Gasteiger partial charge in [0.1, 0.15) is 0 Å². The van der Waals surface area contributed by atoms with Crippen molar-refractivity contribution in [3.63, 3.8) is 0 Å². The second-order valence-electron chi connectivity index (χ2n) is 3.48. The molecule has 1 aromatic heterocycles. The van der Waals surface area contributed by atoms with Gasteiger partial charge in [-0.05, 0) is 16.5 Å². The van der Waals surface area contributed by atoms with Crippen molar-refractivity contribution < 1.29 is 0 Å². The summed E-state index contributed by atoms with van der Waals surface area (Å²) in [6, 6.07) is 12.4. The van der Waals surface area contributed by atoms with Gasteiger partial charge in [-0.2, -0.15) is 0 Å². The van der Waals surface area contributed by atoms with Crippen LogP contribution in [0.2, 0.25) is 0 Å². The first-order chi connectivity index (χ1) is 7.45. The number of nitrogens with zero attached hydrogens (tertiary/aromatic N) is 1. The SMILES string of the molecule is C1=c2ccccc2=c2cccnc2=CN1. The lowest BCUT2D eigenvalue weighted by Crippen LogP contribution is -2.11. The van der Waals surface area contributed by atoms with E-state index >= 15 is 0 Å². The summed E-state index contributed by atoms with van der Waals surface area (Å²) in [5, 5.41) is 7.73. The molecule has 1 aromatic carbocycles. The zero-order chi connectivity index (χ0) is 10.1. The molecule has 0 spiro atoms. The molecule has 0 saturated carbocycles. The van der Waals surface area contributed by atoms with Gasteiger partial charge in [-0.25, -0.2) is 0 Å². The molecule has 0 atom stereocenters. The molecule has 0 bridgehead atoms.